The maximum atomic E-state index is 11.4. The lowest BCUT2D eigenvalue weighted by Crippen LogP contribution is -2.31. The molecular formula is C26H20O2. The van der Waals surface area contributed by atoms with Gasteiger partial charge in [-0.05, 0) is 34.4 Å². The van der Waals surface area contributed by atoms with Gasteiger partial charge in [0.05, 0.1) is 11.0 Å². The second-order valence-electron chi connectivity index (χ2n) is 6.73. The monoisotopic (exact) mass is 364 g/mol. The van der Waals surface area contributed by atoms with E-state index < -0.39 is 11.4 Å². The number of hydrogen-bond acceptors (Lipinski definition) is 1. The maximum absolute atomic E-state index is 11.4. The third-order valence-corrected chi connectivity index (χ3v) is 5.19. The number of hydrogen-bond donors (Lipinski definition) is 1. The van der Waals surface area contributed by atoms with Crippen LogP contribution in [0.15, 0.2) is 115 Å². The molecule has 4 rings (SSSR count). The second kappa shape index (κ2) is 7.53. The molecule has 2 nitrogen and oxygen atoms in total. The molecule has 0 saturated carbocycles. The van der Waals surface area contributed by atoms with Crippen molar-refractivity contribution in [2.75, 3.05) is 0 Å². The molecule has 1 N–H and O–H groups in total. The van der Waals surface area contributed by atoms with Crippen molar-refractivity contribution in [3.05, 3.63) is 143 Å². The van der Waals surface area contributed by atoms with Crippen molar-refractivity contribution in [1.29, 1.82) is 0 Å². The molecule has 0 aliphatic rings. The Kier molecular flexibility index (Phi) is 4.77. The zero-order valence-electron chi connectivity index (χ0n) is 15.3. The van der Waals surface area contributed by atoms with E-state index in [9.17, 15) is 9.90 Å². The van der Waals surface area contributed by atoms with Crippen LogP contribution in [0.1, 0.15) is 32.6 Å². The summed E-state index contributed by atoms with van der Waals surface area (Å²) in [6, 6.07) is 38.3. The smallest absolute Gasteiger partial charge is 0.335 e. The first-order valence-corrected chi connectivity index (χ1v) is 9.23. The molecule has 4 aromatic carbocycles. The Labute approximate surface area is 164 Å². The van der Waals surface area contributed by atoms with Gasteiger partial charge in [-0.25, -0.2) is 4.79 Å². The fraction of sp³-hybridized carbons (Fsp3) is 0.0385. The van der Waals surface area contributed by atoms with Gasteiger partial charge in [-0.1, -0.05) is 103 Å². The summed E-state index contributed by atoms with van der Waals surface area (Å²) in [6.07, 6.45) is 0. The van der Waals surface area contributed by atoms with Crippen molar-refractivity contribution in [2.45, 2.75) is 5.41 Å². The van der Waals surface area contributed by atoms with Gasteiger partial charge in [-0.15, -0.1) is 0 Å². The highest BCUT2D eigenvalue weighted by Gasteiger charge is 2.38. The molecule has 0 amide bonds. The van der Waals surface area contributed by atoms with Gasteiger partial charge in [0.15, 0.2) is 0 Å². The predicted molar refractivity (Wildman–Crippen MR) is 112 cm³/mol. The van der Waals surface area contributed by atoms with Gasteiger partial charge in [0, 0.05) is 0 Å². The number of benzene rings is 4. The molecule has 0 radical (unpaired) electrons. The molecule has 0 unspecified atom stereocenters. The Hall–Kier alpha value is -3.65. The number of carboxylic acids is 1. The molecule has 0 aliphatic heterocycles. The highest BCUT2D eigenvalue weighted by Crippen LogP contribution is 2.44. The zero-order valence-corrected chi connectivity index (χ0v) is 15.3. The van der Waals surface area contributed by atoms with Crippen molar-refractivity contribution in [1.82, 2.24) is 0 Å². The van der Waals surface area contributed by atoms with E-state index in [0.717, 1.165) is 22.3 Å². The summed E-state index contributed by atoms with van der Waals surface area (Å²) in [5.74, 6) is -0.920. The standard InChI is InChI=1S/C26H20O2/c27-25(28)20-16-18-24(19-17-20)26(21-10-4-1-5-11-21,22-12-6-2-7-13-22)23-14-8-3-9-15-23/h1-19H,(H,27,28). The predicted octanol–water partition coefficient (Wildman–Crippen LogP) is 5.77. The molecule has 136 valence electrons. The Bertz CT molecular complexity index is 957. The fourth-order valence-electron chi connectivity index (χ4n) is 3.93. The molecule has 0 heterocycles. The van der Waals surface area contributed by atoms with Crippen molar-refractivity contribution >= 4 is 5.97 Å². The molecular weight excluding hydrogens is 344 g/mol. The van der Waals surface area contributed by atoms with E-state index in [1.54, 1.807) is 12.1 Å². The van der Waals surface area contributed by atoms with Crippen LogP contribution in [-0.4, -0.2) is 11.1 Å². The average Bonchev–Trinajstić information content (AvgIpc) is 2.77. The van der Waals surface area contributed by atoms with Crippen LogP contribution in [0.2, 0.25) is 0 Å². The summed E-state index contributed by atoms with van der Waals surface area (Å²) in [5.41, 5.74) is 4.18. The molecule has 28 heavy (non-hydrogen) atoms. The molecule has 2 heteroatoms. The highest BCUT2D eigenvalue weighted by atomic mass is 16.4. The van der Waals surface area contributed by atoms with Crippen LogP contribution >= 0.6 is 0 Å². The Morgan fingerprint density at radius 3 is 1.14 bits per heavy atom. The van der Waals surface area contributed by atoms with Crippen LogP contribution in [0.5, 0.6) is 0 Å². The first kappa shape index (κ1) is 17.7. The largest absolute Gasteiger partial charge is 0.478 e. The molecule has 0 bridgehead atoms. The number of carboxylic acid groups (broad SMARTS) is 1. The topological polar surface area (TPSA) is 37.3 Å². The van der Waals surface area contributed by atoms with Gasteiger partial charge in [0.2, 0.25) is 0 Å². The lowest BCUT2D eigenvalue weighted by atomic mass is 9.65. The summed E-state index contributed by atoms with van der Waals surface area (Å²) in [7, 11) is 0. The quantitative estimate of drug-likeness (QED) is 0.457. The number of carbonyl (C=O) groups is 1. The Morgan fingerprint density at radius 2 is 0.821 bits per heavy atom. The normalized spacial score (nSPS) is 11.1. The second-order valence-corrected chi connectivity index (χ2v) is 6.73. The van der Waals surface area contributed by atoms with E-state index >= 15 is 0 Å². The molecule has 0 spiro atoms. The SMILES string of the molecule is O=C(O)c1ccc(C(c2ccccc2)(c2ccccc2)c2ccccc2)cc1. The summed E-state index contributed by atoms with van der Waals surface area (Å²) in [4.78, 5) is 11.4. The molecule has 0 atom stereocenters. The van der Waals surface area contributed by atoms with Gasteiger partial charge in [0.1, 0.15) is 0 Å². The van der Waals surface area contributed by atoms with E-state index in [1.165, 1.54) is 0 Å². The van der Waals surface area contributed by atoms with Gasteiger partial charge >= 0.3 is 5.97 Å². The van der Waals surface area contributed by atoms with E-state index in [2.05, 4.69) is 36.4 Å². The fourth-order valence-corrected chi connectivity index (χ4v) is 3.93. The van der Waals surface area contributed by atoms with Gasteiger partial charge in [-0.2, -0.15) is 0 Å². The minimum absolute atomic E-state index is 0.284. The maximum Gasteiger partial charge on any atom is 0.335 e. The van der Waals surface area contributed by atoms with Crippen molar-refractivity contribution in [3.8, 4) is 0 Å². The van der Waals surface area contributed by atoms with Crippen molar-refractivity contribution in [3.63, 3.8) is 0 Å². The molecule has 4 aromatic rings. The zero-order chi connectivity index (χ0) is 19.4. The van der Waals surface area contributed by atoms with Crippen LogP contribution in [0.25, 0.3) is 0 Å². The molecule has 0 saturated heterocycles. The Balaban J connectivity index is 2.08. The summed E-state index contributed by atoms with van der Waals surface area (Å²) < 4.78 is 0. The summed E-state index contributed by atoms with van der Waals surface area (Å²) in [6.45, 7) is 0. The van der Waals surface area contributed by atoms with Crippen molar-refractivity contribution in [2.24, 2.45) is 0 Å². The third kappa shape index (κ3) is 2.99. The van der Waals surface area contributed by atoms with E-state index in [1.807, 2.05) is 66.7 Å². The number of rotatable bonds is 5. The molecule has 0 aliphatic carbocycles. The lowest BCUT2D eigenvalue weighted by molar-refractivity contribution is 0.0697. The van der Waals surface area contributed by atoms with Crippen molar-refractivity contribution < 1.29 is 9.90 Å². The van der Waals surface area contributed by atoms with Crippen LogP contribution in [-0.2, 0) is 5.41 Å². The molecule has 0 fully saturated rings. The lowest BCUT2D eigenvalue weighted by Gasteiger charge is -2.36. The minimum Gasteiger partial charge on any atom is -0.478 e. The van der Waals surface area contributed by atoms with E-state index in [4.69, 9.17) is 0 Å². The first-order valence-electron chi connectivity index (χ1n) is 9.23. The van der Waals surface area contributed by atoms with Gasteiger partial charge < -0.3 is 5.11 Å². The molecule has 0 aromatic heterocycles. The minimum atomic E-state index is -0.920. The number of aromatic carboxylic acids is 1. The van der Waals surface area contributed by atoms with Crippen LogP contribution < -0.4 is 0 Å². The van der Waals surface area contributed by atoms with Gasteiger partial charge in [-0.3, -0.25) is 0 Å². The summed E-state index contributed by atoms with van der Waals surface area (Å²) in [5, 5.41) is 9.33. The van der Waals surface area contributed by atoms with Crippen LogP contribution in [0, 0.1) is 0 Å². The summed E-state index contributed by atoms with van der Waals surface area (Å²) >= 11 is 0. The first-order chi connectivity index (χ1) is 13.7. The van der Waals surface area contributed by atoms with E-state index in [0.29, 0.717) is 0 Å². The van der Waals surface area contributed by atoms with Crippen LogP contribution in [0.4, 0.5) is 0 Å². The average molecular weight is 364 g/mol. The van der Waals surface area contributed by atoms with Crippen LogP contribution in [0.3, 0.4) is 0 Å². The Morgan fingerprint density at radius 1 is 0.500 bits per heavy atom. The van der Waals surface area contributed by atoms with E-state index in [-0.39, 0.29) is 5.56 Å². The van der Waals surface area contributed by atoms with Gasteiger partial charge in [0.25, 0.3) is 0 Å². The highest BCUT2D eigenvalue weighted by molar-refractivity contribution is 5.87. The third-order valence-electron chi connectivity index (χ3n) is 5.19.